The summed E-state index contributed by atoms with van der Waals surface area (Å²) in [6.07, 6.45) is 11.2. The fourth-order valence-electron chi connectivity index (χ4n) is 12.3. The van der Waals surface area contributed by atoms with Crippen molar-refractivity contribution in [3.05, 3.63) is 157 Å². The quantitative estimate of drug-likeness (QED) is 0.0138. The van der Waals surface area contributed by atoms with Gasteiger partial charge in [-0.3, -0.25) is 19.4 Å². The van der Waals surface area contributed by atoms with E-state index in [0.717, 1.165) is 87.0 Å². The molecule has 0 radical (unpaired) electrons. The minimum Gasteiger partial charge on any atom is -1.00 e. The first kappa shape index (κ1) is 112. The Balaban J connectivity index is 0.000000327. The summed E-state index contributed by atoms with van der Waals surface area (Å²) >= 11 is 28.3. The lowest BCUT2D eigenvalue weighted by molar-refractivity contribution is -0.00209. The third kappa shape index (κ3) is 34.8. The second-order valence-electron chi connectivity index (χ2n) is 33.7. The molecule has 10 atom stereocenters. The van der Waals surface area contributed by atoms with Crippen molar-refractivity contribution in [1.82, 2.24) is 55.1 Å². The van der Waals surface area contributed by atoms with Crippen LogP contribution < -0.4 is 67.6 Å². The van der Waals surface area contributed by atoms with Gasteiger partial charge in [-0.2, -0.15) is 20.7 Å². The summed E-state index contributed by atoms with van der Waals surface area (Å²) in [7, 11) is -0.456. The van der Waals surface area contributed by atoms with E-state index >= 15 is 0 Å². The number of carbonyl (C=O) groups is 4. The number of aromatic carboxylic acids is 1. The first-order valence-electron chi connectivity index (χ1n) is 40.2. The van der Waals surface area contributed by atoms with Crippen LogP contribution in [0.25, 0.3) is 22.4 Å². The highest BCUT2D eigenvalue weighted by atomic mass is 127. The number of anilines is 2. The summed E-state index contributed by atoms with van der Waals surface area (Å²) in [5, 5.41) is 116. The van der Waals surface area contributed by atoms with E-state index in [4.69, 9.17) is 105 Å². The monoisotopic (exact) mass is 2010 g/mol. The Labute approximate surface area is 783 Å². The van der Waals surface area contributed by atoms with E-state index in [9.17, 15) is 62.3 Å². The SMILES string of the molecule is CC(C)(O)[C@H](F)CN.CC(C)(O)[C@H](F)CNC(=O)c1cnc(-c2ccc3cc(C#N)cnn23)cc1N[C@H]1CCC[C@@H](O)C1.CC(C)(O)[C@H](F)CNC(=O)c1cnc(Cl)cc1Cl.CC(C)(O)[C@H](F)CNC(=O)c1cnc(Cl)cc1N[C@H]1CCC[C@@H](O)C1.CC1(C)OB(c2ccc3cc(C#N)cnn23)OC1(C)C.Cl.N[C@H]1CCC[C@@H](O)C1.O=C(O)c1cnc(Cl)cc1Cl.[I-]. The van der Waals surface area contributed by atoms with E-state index < -0.39 is 84.0 Å². The van der Waals surface area contributed by atoms with Crippen LogP contribution >= 0.6 is 70.4 Å². The van der Waals surface area contributed by atoms with E-state index in [1.807, 2.05) is 52.0 Å². The number of aromatic nitrogens is 8. The molecule has 0 bridgehead atoms. The van der Waals surface area contributed by atoms with Crippen molar-refractivity contribution >= 4 is 129 Å². The largest absolute Gasteiger partial charge is 1.00 e. The number of carboxylic acids is 1. The van der Waals surface area contributed by atoms with Gasteiger partial charge in [0.25, 0.3) is 17.7 Å². The minimum absolute atomic E-state index is 0. The van der Waals surface area contributed by atoms with E-state index in [1.165, 1.54) is 92.3 Å². The zero-order chi connectivity index (χ0) is 93.4. The van der Waals surface area contributed by atoms with Crippen LogP contribution in [0.5, 0.6) is 0 Å². The number of hydrogen-bond donors (Lipinski definition) is 15. The van der Waals surface area contributed by atoms with Crippen molar-refractivity contribution in [3.8, 4) is 23.5 Å². The molecular weight excluding hydrogens is 1900 g/mol. The summed E-state index contributed by atoms with van der Waals surface area (Å²) in [6, 6.07) is 21.3. The second-order valence-corrected chi connectivity index (χ2v) is 35.6. The average molecular weight is 2010 g/mol. The van der Waals surface area contributed by atoms with Crippen LogP contribution in [0.4, 0.5) is 28.9 Å². The summed E-state index contributed by atoms with van der Waals surface area (Å²) < 4.78 is 69.2. The molecule has 4 fully saturated rings. The Kier molecular flexibility index (Phi) is 44.0. The van der Waals surface area contributed by atoms with Crippen LogP contribution in [-0.4, -0.2) is 232 Å². The van der Waals surface area contributed by atoms with Crippen LogP contribution in [0.15, 0.2) is 97.8 Å². The molecule has 3 amide bonds. The number of rotatable bonds is 21. The highest BCUT2D eigenvalue weighted by Crippen LogP contribution is 2.37. The zero-order valence-corrected chi connectivity index (χ0v) is 79.0. The molecule has 3 saturated carbocycles. The van der Waals surface area contributed by atoms with Crippen molar-refractivity contribution in [2.75, 3.05) is 36.8 Å². The standard InChI is InChI=1S/C25H29FN6O3.C17H25ClFN3O3.C14H16BN3O2.C11H13Cl2FN2O2.C6H3Cl2NO2.C6H13NO.C5H12FNO.ClH.HI/c1-25(2,35)23(26)14-29-24(34)19-13-28-21(10-20(19)31-16-4-3-5-18(33)9-16)22-7-6-17-8-15(11-27)12-30-32(17)22;1-17(2,25)14(19)9-21-16(24)12-8-20-15(18)7-13(12)22-10-4-3-5-11(23)6-10;1-13(2)14(3,4)20-15(19-13)12-6-5-11-7-10(8-16)9-17-18(11)12;1-11(2,18)8(14)5-16-10(17)6-4-15-9(13)3-7(6)12;7-4-1-5(8)9-2-3(4)6(10)11;7-5-2-1-3-6(8)4-5;1-5(2,8)4(6)3-7;;/h6-8,10,12-13,16,18,23,33,35H,3-5,9,14H2,1-2H3,(H,28,31)(H,29,34);7-8,10-11,14,23,25H,3-6,9H2,1-2H3,(H,20,22)(H,21,24);5-7,9H,1-4H3;3-4,8,18H,5H2,1-2H3,(H,16,17);1-2H,(H,10,11);5-6,8H,1-4,7H2;4,8H,3,7H2,1-2H3;2*1H/p-1/t16-,18+,23+;10-,11+,14+;;8-;;5-,6+;4-;;/m00.1.01../s1. The number of nitrogens with one attached hydrogen (secondary N) is 5. The van der Waals surface area contributed by atoms with Crippen molar-refractivity contribution in [2.24, 2.45) is 11.5 Å². The van der Waals surface area contributed by atoms with Gasteiger partial charge in [-0.25, -0.2) is 46.3 Å². The molecule has 4 aliphatic rings. The van der Waals surface area contributed by atoms with Crippen LogP contribution in [0.2, 0.25) is 25.5 Å². The van der Waals surface area contributed by atoms with E-state index in [1.54, 1.807) is 39.5 Å². The number of amides is 3. The maximum atomic E-state index is 14.2. The molecule has 17 N–H and O–H groups in total. The molecule has 0 aromatic carbocycles. The molecule has 1 aliphatic heterocycles. The summed E-state index contributed by atoms with van der Waals surface area (Å²) in [4.78, 5) is 63.0. The number of nitriles is 2. The number of pyridine rings is 4. The number of fused-ring (bicyclic) bond motifs is 2. The van der Waals surface area contributed by atoms with Gasteiger partial charge in [0.1, 0.15) is 52.3 Å². The van der Waals surface area contributed by atoms with Gasteiger partial charge in [0, 0.05) is 49.5 Å². The normalized spacial score (nSPS) is 19.1. The number of carboxylic acid groups (broad SMARTS) is 1. The number of nitrogens with two attached hydrogens (primary N) is 2. The molecule has 0 unspecified atom stereocenters. The highest BCUT2D eigenvalue weighted by molar-refractivity contribution is 6.61. The van der Waals surface area contributed by atoms with Crippen molar-refractivity contribution in [1.29, 1.82) is 10.5 Å². The van der Waals surface area contributed by atoms with E-state index in [-0.39, 0.29) is 152 Å². The predicted molar refractivity (Wildman–Crippen MR) is 478 cm³/mol. The Morgan fingerprint density at radius 3 is 1.28 bits per heavy atom. The molecule has 43 heteroatoms. The number of alkyl halides is 4. The Morgan fingerprint density at radius 2 is 0.906 bits per heavy atom. The van der Waals surface area contributed by atoms with Gasteiger partial charge >= 0.3 is 13.1 Å². The van der Waals surface area contributed by atoms with E-state index in [0.29, 0.717) is 46.7 Å². The Hall–Kier alpha value is -7.75. The number of carbonyl (C=O) groups excluding carboxylic acids is 3. The third-order valence-electron chi connectivity index (χ3n) is 20.7. The Morgan fingerprint density at radius 1 is 0.535 bits per heavy atom. The number of nitrogens with zero attached hydrogens (tertiary/aromatic N) is 10. The molecular formula is C84H112BCl6F4IN17O14-. The number of halogens is 11. The third-order valence-corrected chi connectivity index (χ3v) is 22.0. The molecule has 31 nitrogen and oxygen atoms in total. The van der Waals surface area contributed by atoms with Gasteiger partial charge in [0.05, 0.1) is 167 Å². The summed E-state index contributed by atoms with van der Waals surface area (Å²) in [6.45, 7) is 17.8. The molecule has 3 aliphatic carbocycles. The Bertz CT molecular complexity index is 5000. The molecule has 12 rings (SSSR count). The van der Waals surface area contributed by atoms with Crippen molar-refractivity contribution < 1.29 is 111 Å². The van der Waals surface area contributed by atoms with Gasteiger partial charge in [-0.15, -0.1) is 12.4 Å². The van der Waals surface area contributed by atoms with E-state index in [2.05, 4.69) is 68.9 Å². The average Bonchev–Trinajstić information content (AvgIpc) is 1.62. The lowest BCUT2D eigenvalue weighted by atomic mass is 9.85. The first-order valence-corrected chi connectivity index (χ1v) is 42.1. The van der Waals surface area contributed by atoms with Crippen molar-refractivity contribution in [3.63, 3.8) is 0 Å². The predicted octanol–water partition coefficient (Wildman–Crippen LogP) is 8.66. The summed E-state index contributed by atoms with van der Waals surface area (Å²) in [5.74, 6) is -2.71. The van der Waals surface area contributed by atoms with Gasteiger partial charge in [0.2, 0.25) is 0 Å². The smallest absolute Gasteiger partial charge is 0.514 e. The molecule has 698 valence electrons. The van der Waals surface area contributed by atoms with Gasteiger partial charge < -0.3 is 112 Å². The van der Waals surface area contributed by atoms with Crippen LogP contribution in [-0.2, 0) is 9.31 Å². The van der Waals surface area contributed by atoms with Crippen molar-refractivity contribution in [2.45, 2.75) is 255 Å². The highest BCUT2D eigenvalue weighted by Gasteiger charge is 2.53. The first-order chi connectivity index (χ1) is 58.2. The molecule has 9 heterocycles. The molecule has 0 spiro atoms. The lowest BCUT2D eigenvalue weighted by Gasteiger charge is -2.32. The second kappa shape index (κ2) is 50.0. The summed E-state index contributed by atoms with van der Waals surface area (Å²) in [5.41, 5.74) is 9.97. The maximum Gasteiger partial charge on any atom is 0.514 e. The van der Waals surface area contributed by atoms with Crippen LogP contribution in [0.3, 0.4) is 0 Å². The fraction of sp³-hybridized carbons (Fsp3) is 0.524. The molecule has 1 saturated heterocycles. The molecule has 8 aromatic rings. The fourth-order valence-corrected chi connectivity index (χ4v) is 13.4. The number of aliphatic hydroxyl groups excluding tert-OH is 3. The van der Waals surface area contributed by atoms with Gasteiger partial charge in [-0.05, 0) is 221 Å². The number of aliphatic hydroxyl groups is 7. The van der Waals surface area contributed by atoms with Crippen LogP contribution in [0.1, 0.15) is 213 Å². The molecule has 127 heavy (non-hydrogen) atoms. The topological polar surface area (TPSA) is 495 Å². The zero-order valence-electron chi connectivity index (χ0n) is 72.2. The van der Waals surface area contributed by atoms with Crippen LogP contribution in [0, 0.1) is 22.7 Å². The number of hydrogen-bond acceptors (Lipinski definition) is 25. The maximum absolute atomic E-state index is 14.2. The van der Waals surface area contributed by atoms with Gasteiger partial charge in [-0.1, -0.05) is 58.0 Å². The lowest BCUT2D eigenvalue weighted by Crippen LogP contribution is -3.00. The van der Waals surface area contributed by atoms with Gasteiger partial charge in [0.15, 0.2) is 0 Å². The minimum atomic E-state index is -1.64. The molecule has 8 aromatic heterocycles.